The van der Waals surface area contributed by atoms with E-state index in [0.717, 1.165) is 21.9 Å². The number of amides is 1. The molecule has 3 aliphatic rings. The highest BCUT2D eigenvalue weighted by Gasteiger charge is 2.53. The number of cyclic esters (lactones) is 1. The zero-order chi connectivity index (χ0) is 30.5. The second-order valence-corrected chi connectivity index (χ2v) is 11.2. The van der Waals surface area contributed by atoms with Crippen molar-refractivity contribution in [2.75, 3.05) is 27.6 Å². The second-order valence-electron chi connectivity index (χ2n) is 10.8. The molecule has 3 N–H and O–H groups in total. The van der Waals surface area contributed by atoms with Crippen molar-refractivity contribution in [3.63, 3.8) is 0 Å². The van der Waals surface area contributed by atoms with Gasteiger partial charge in [-0.3, -0.25) is 14.9 Å². The normalized spacial score (nSPS) is 21.2. The van der Waals surface area contributed by atoms with Crippen LogP contribution in [0.4, 0.5) is 0 Å². The molecule has 11 heteroatoms. The lowest BCUT2D eigenvalue weighted by molar-refractivity contribution is -0.141. The number of benzene rings is 4. The molecule has 0 spiro atoms. The maximum atomic E-state index is 13.4. The summed E-state index contributed by atoms with van der Waals surface area (Å²) in [5.74, 6) is -0.827. The SMILES string of the molecule is COc1cc([C@@H]2c3cc4c(cc3[C@@H](NC(=S)NC(=O)c3cccc5ccccc35)[C@H]3COC(=O)[C@H]23)OCO4)cc(OC)c1O. The summed E-state index contributed by atoms with van der Waals surface area (Å²) in [4.78, 5) is 26.8. The zero-order valence-electron chi connectivity index (χ0n) is 23.8. The van der Waals surface area contributed by atoms with Gasteiger partial charge < -0.3 is 34.1 Å². The van der Waals surface area contributed by atoms with Crippen molar-refractivity contribution in [2.24, 2.45) is 11.8 Å². The number of ether oxygens (including phenoxy) is 5. The summed E-state index contributed by atoms with van der Waals surface area (Å²) in [5.41, 5.74) is 2.78. The molecule has 224 valence electrons. The van der Waals surface area contributed by atoms with Crippen molar-refractivity contribution < 1.29 is 38.4 Å². The number of aromatic hydroxyl groups is 1. The molecule has 0 saturated carbocycles. The lowest BCUT2D eigenvalue weighted by Gasteiger charge is -2.40. The Kier molecular flexibility index (Phi) is 6.89. The van der Waals surface area contributed by atoms with Crippen LogP contribution >= 0.6 is 12.2 Å². The third-order valence-corrected chi connectivity index (χ3v) is 8.82. The van der Waals surface area contributed by atoms with Gasteiger partial charge in [-0.15, -0.1) is 0 Å². The first-order chi connectivity index (χ1) is 21.4. The maximum Gasteiger partial charge on any atom is 0.310 e. The zero-order valence-corrected chi connectivity index (χ0v) is 24.6. The van der Waals surface area contributed by atoms with Crippen LogP contribution in [0.25, 0.3) is 10.8 Å². The average molecular weight is 613 g/mol. The number of hydrogen-bond donors (Lipinski definition) is 3. The van der Waals surface area contributed by atoms with Crippen LogP contribution in [0.15, 0.2) is 66.7 Å². The van der Waals surface area contributed by atoms with Gasteiger partial charge in [0.25, 0.3) is 5.91 Å². The van der Waals surface area contributed by atoms with Gasteiger partial charge in [-0.1, -0.05) is 36.4 Å². The molecular formula is C33H28N2O8S. The van der Waals surface area contributed by atoms with Crippen LogP contribution in [0, 0.1) is 11.8 Å². The minimum absolute atomic E-state index is 0.0657. The van der Waals surface area contributed by atoms with Gasteiger partial charge in [0.1, 0.15) is 0 Å². The minimum Gasteiger partial charge on any atom is -0.502 e. The second kappa shape index (κ2) is 10.9. The van der Waals surface area contributed by atoms with Crippen molar-refractivity contribution in [3.05, 3.63) is 89.0 Å². The van der Waals surface area contributed by atoms with Gasteiger partial charge >= 0.3 is 5.97 Å². The van der Waals surface area contributed by atoms with E-state index in [1.54, 1.807) is 18.2 Å². The van der Waals surface area contributed by atoms with Crippen LogP contribution in [0.2, 0.25) is 0 Å². The molecule has 1 fully saturated rings. The highest BCUT2D eigenvalue weighted by molar-refractivity contribution is 7.80. The van der Waals surface area contributed by atoms with Crippen LogP contribution in [0.5, 0.6) is 28.7 Å². The number of thiocarbonyl (C=S) groups is 1. The molecule has 44 heavy (non-hydrogen) atoms. The van der Waals surface area contributed by atoms with E-state index >= 15 is 0 Å². The van der Waals surface area contributed by atoms with E-state index in [4.69, 9.17) is 35.9 Å². The fourth-order valence-electron chi connectivity index (χ4n) is 6.61. The highest BCUT2D eigenvalue weighted by Crippen LogP contribution is 2.55. The molecular weight excluding hydrogens is 584 g/mol. The summed E-state index contributed by atoms with van der Waals surface area (Å²) >= 11 is 5.67. The Morgan fingerprint density at radius 1 is 0.932 bits per heavy atom. The predicted octanol–water partition coefficient (Wildman–Crippen LogP) is 4.57. The number of carbonyl (C=O) groups is 2. The molecule has 0 bridgehead atoms. The summed E-state index contributed by atoms with van der Waals surface area (Å²) in [6, 6.07) is 19.8. The summed E-state index contributed by atoms with van der Waals surface area (Å²) in [6.07, 6.45) is 0. The Bertz CT molecular complexity index is 1810. The van der Waals surface area contributed by atoms with Gasteiger partial charge in [-0.25, -0.2) is 0 Å². The lowest BCUT2D eigenvalue weighted by Crippen LogP contribution is -2.47. The van der Waals surface area contributed by atoms with Crippen LogP contribution in [-0.4, -0.2) is 49.7 Å². The molecule has 4 aromatic rings. The number of hydrogen-bond acceptors (Lipinski definition) is 9. The van der Waals surface area contributed by atoms with E-state index in [1.165, 1.54) is 14.2 Å². The molecule has 1 saturated heterocycles. The summed E-state index contributed by atoms with van der Waals surface area (Å²) in [5, 5.41) is 18.6. The van der Waals surface area contributed by atoms with Crippen LogP contribution in [0.1, 0.15) is 39.0 Å². The smallest absolute Gasteiger partial charge is 0.310 e. The van der Waals surface area contributed by atoms with Crippen molar-refractivity contribution in [1.82, 2.24) is 10.6 Å². The molecule has 0 aromatic heterocycles. The number of rotatable bonds is 5. The van der Waals surface area contributed by atoms with E-state index in [2.05, 4.69) is 10.6 Å². The third kappa shape index (κ3) is 4.51. The molecule has 4 atom stereocenters. The molecule has 10 nitrogen and oxygen atoms in total. The predicted molar refractivity (Wildman–Crippen MR) is 163 cm³/mol. The van der Waals surface area contributed by atoms with Gasteiger partial charge in [-0.05, 0) is 70.0 Å². The molecule has 2 heterocycles. The minimum atomic E-state index is -0.629. The van der Waals surface area contributed by atoms with Crippen molar-refractivity contribution in [2.45, 2.75) is 12.0 Å². The van der Waals surface area contributed by atoms with Crippen LogP contribution < -0.4 is 29.6 Å². The number of carbonyl (C=O) groups excluding carboxylic acids is 2. The molecule has 1 aliphatic carbocycles. The van der Waals surface area contributed by atoms with Crippen LogP contribution in [0.3, 0.4) is 0 Å². The Morgan fingerprint density at radius 2 is 1.61 bits per heavy atom. The molecule has 2 aliphatic heterocycles. The highest BCUT2D eigenvalue weighted by atomic mass is 32.1. The van der Waals surface area contributed by atoms with E-state index < -0.39 is 17.9 Å². The Morgan fingerprint density at radius 3 is 2.34 bits per heavy atom. The van der Waals surface area contributed by atoms with Gasteiger partial charge in [0, 0.05) is 17.4 Å². The van der Waals surface area contributed by atoms with Crippen LogP contribution in [-0.2, 0) is 9.53 Å². The number of nitrogens with one attached hydrogen (secondary N) is 2. The number of phenolic OH excluding ortho intramolecular Hbond substituents is 1. The molecule has 1 amide bonds. The van der Waals surface area contributed by atoms with E-state index in [0.29, 0.717) is 22.6 Å². The number of esters is 1. The fourth-order valence-corrected chi connectivity index (χ4v) is 6.83. The largest absolute Gasteiger partial charge is 0.502 e. The summed E-state index contributed by atoms with van der Waals surface area (Å²) < 4.78 is 27.9. The molecule has 7 rings (SSSR count). The summed E-state index contributed by atoms with van der Waals surface area (Å²) in [7, 11) is 2.90. The number of fused-ring (bicyclic) bond motifs is 4. The van der Waals surface area contributed by atoms with Crippen molar-refractivity contribution >= 4 is 40.0 Å². The number of phenols is 1. The lowest BCUT2D eigenvalue weighted by atomic mass is 9.65. The van der Waals surface area contributed by atoms with Gasteiger partial charge in [0.2, 0.25) is 12.5 Å². The van der Waals surface area contributed by atoms with E-state index in [-0.39, 0.29) is 53.6 Å². The van der Waals surface area contributed by atoms with E-state index in [9.17, 15) is 14.7 Å². The van der Waals surface area contributed by atoms with Crippen molar-refractivity contribution in [3.8, 4) is 28.7 Å². The first kappa shape index (κ1) is 27.8. The van der Waals surface area contributed by atoms with Gasteiger partial charge in [0.05, 0.1) is 32.8 Å². The van der Waals surface area contributed by atoms with Gasteiger partial charge in [-0.2, -0.15) is 0 Å². The third-order valence-electron chi connectivity index (χ3n) is 8.60. The van der Waals surface area contributed by atoms with E-state index in [1.807, 2.05) is 48.5 Å². The number of methoxy groups -OCH3 is 2. The molecule has 0 radical (unpaired) electrons. The first-order valence-electron chi connectivity index (χ1n) is 14.0. The van der Waals surface area contributed by atoms with Gasteiger partial charge in [0.15, 0.2) is 28.1 Å². The average Bonchev–Trinajstić information content (AvgIpc) is 3.66. The Balaban J connectivity index is 1.28. The Labute approximate surface area is 257 Å². The monoisotopic (exact) mass is 612 g/mol. The maximum absolute atomic E-state index is 13.4. The fraction of sp³-hybridized carbons (Fsp3) is 0.242. The topological polar surface area (TPSA) is 125 Å². The Hall–Kier alpha value is -5.03. The molecule has 4 aromatic carbocycles. The first-order valence-corrected chi connectivity index (χ1v) is 14.4. The summed E-state index contributed by atoms with van der Waals surface area (Å²) in [6.45, 7) is 0.202. The standard InChI is InChI=1S/C33H28N2O8S/c1-39-25-10-17(11-26(40-2)30(25)36)27-20-12-23-24(43-15-42-23)13-21(20)29(22-14-41-32(38)28(22)27)34-33(44)35-31(37)19-9-5-7-16-6-3-4-8-18(16)19/h3-13,22,27-29,36H,14-15H2,1-2H3,(H2,34,35,37,44)/t22-,27+,28-,29+/m0/s1. The van der Waals surface area contributed by atoms with Crippen molar-refractivity contribution in [1.29, 1.82) is 0 Å². The quantitative estimate of drug-likeness (QED) is 0.218. The molecule has 0 unspecified atom stereocenters.